The molecule has 0 spiro atoms. The number of halogens is 3. The Balaban J connectivity index is 2.69. The molecule has 106 valence electrons. The smallest absolute Gasteiger partial charge is 0.328 e. The van der Waals surface area contributed by atoms with Crippen molar-refractivity contribution in [2.75, 3.05) is 11.9 Å². The van der Waals surface area contributed by atoms with Crippen LogP contribution in [0.2, 0.25) is 0 Å². The van der Waals surface area contributed by atoms with E-state index in [4.69, 9.17) is 4.74 Å². The Hall–Kier alpha value is -1.72. The lowest BCUT2D eigenvalue weighted by Gasteiger charge is -2.16. The van der Waals surface area contributed by atoms with Gasteiger partial charge in [0.05, 0.1) is 12.3 Å². The van der Waals surface area contributed by atoms with Crippen LogP contribution >= 0.6 is 0 Å². The van der Waals surface area contributed by atoms with E-state index in [1.54, 1.807) is 0 Å². The van der Waals surface area contributed by atoms with Crippen LogP contribution in [0.25, 0.3) is 0 Å². The van der Waals surface area contributed by atoms with Crippen molar-refractivity contribution in [3.63, 3.8) is 0 Å². The highest BCUT2D eigenvalue weighted by Crippen LogP contribution is 2.20. The highest BCUT2D eigenvalue weighted by atomic mass is 19.2. The number of carbonyl (C=O) groups excluding carboxylic acids is 1. The average Bonchev–Trinajstić information content (AvgIpc) is 2.36. The van der Waals surface area contributed by atoms with Gasteiger partial charge in [0.2, 0.25) is 0 Å². The number of carbonyl (C=O) groups is 1. The van der Waals surface area contributed by atoms with E-state index < -0.39 is 29.5 Å². The molecular formula is C13H16F3NO2. The number of rotatable bonds is 5. The minimum absolute atomic E-state index is 0.177. The lowest BCUT2D eigenvalue weighted by molar-refractivity contribution is -0.145. The lowest BCUT2D eigenvalue weighted by Crippen LogP contribution is -2.29. The van der Waals surface area contributed by atoms with Crippen LogP contribution < -0.4 is 5.32 Å². The minimum Gasteiger partial charge on any atom is -0.464 e. The fourth-order valence-corrected chi connectivity index (χ4v) is 1.30. The van der Waals surface area contributed by atoms with Crippen LogP contribution in [-0.2, 0) is 9.53 Å². The molecule has 0 radical (unpaired) electrons. The summed E-state index contributed by atoms with van der Waals surface area (Å²) in [6.45, 7) is 5.44. The van der Waals surface area contributed by atoms with E-state index in [9.17, 15) is 18.0 Å². The maximum atomic E-state index is 13.4. The summed E-state index contributed by atoms with van der Waals surface area (Å²) in [6.07, 6.45) is 0. The molecule has 0 aliphatic rings. The van der Waals surface area contributed by atoms with Crippen LogP contribution in [0.1, 0.15) is 20.8 Å². The summed E-state index contributed by atoms with van der Waals surface area (Å²) in [6, 6.07) is 0.950. The molecule has 1 atom stereocenters. The van der Waals surface area contributed by atoms with Crippen molar-refractivity contribution in [2.24, 2.45) is 5.92 Å². The molecule has 0 unspecified atom stereocenters. The van der Waals surface area contributed by atoms with Crippen molar-refractivity contribution in [3.8, 4) is 0 Å². The van der Waals surface area contributed by atoms with Gasteiger partial charge in [-0.25, -0.2) is 18.0 Å². The van der Waals surface area contributed by atoms with Crippen molar-refractivity contribution < 1.29 is 22.7 Å². The van der Waals surface area contributed by atoms with E-state index in [1.165, 1.54) is 6.92 Å². The average molecular weight is 275 g/mol. The molecule has 0 bridgehead atoms. The van der Waals surface area contributed by atoms with Gasteiger partial charge in [0.15, 0.2) is 17.5 Å². The van der Waals surface area contributed by atoms with Crippen LogP contribution in [0.3, 0.4) is 0 Å². The zero-order valence-electron chi connectivity index (χ0n) is 11.0. The molecule has 0 saturated heterocycles. The first-order valence-corrected chi connectivity index (χ1v) is 5.89. The number of benzene rings is 1. The first-order chi connectivity index (χ1) is 8.82. The molecule has 19 heavy (non-hydrogen) atoms. The molecule has 0 aliphatic heterocycles. The largest absolute Gasteiger partial charge is 0.464 e. The molecular weight excluding hydrogens is 259 g/mol. The van der Waals surface area contributed by atoms with E-state index in [1.807, 2.05) is 13.8 Å². The zero-order chi connectivity index (χ0) is 14.6. The molecule has 6 heteroatoms. The Morgan fingerprint density at radius 2 is 1.84 bits per heavy atom. The second-order valence-electron chi connectivity index (χ2n) is 4.61. The molecule has 0 aliphatic carbocycles. The zero-order valence-corrected chi connectivity index (χ0v) is 11.0. The summed E-state index contributed by atoms with van der Waals surface area (Å²) in [7, 11) is 0. The SMILES string of the molecule is CC(C)COC(=O)[C@@H](C)Nc1ccc(F)c(F)c1F. The van der Waals surface area contributed by atoms with Crippen LogP contribution in [-0.4, -0.2) is 18.6 Å². The van der Waals surface area contributed by atoms with E-state index in [-0.39, 0.29) is 18.2 Å². The lowest BCUT2D eigenvalue weighted by atomic mass is 10.2. The number of hydrogen-bond acceptors (Lipinski definition) is 3. The first kappa shape index (κ1) is 15.3. The number of hydrogen-bond donors (Lipinski definition) is 1. The third-order valence-electron chi connectivity index (χ3n) is 2.32. The highest BCUT2D eigenvalue weighted by Gasteiger charge is 2.19. The summed E-state index contributed by atoms with van der Waals surface area (Å²) in [5.74, 6) is -4.62. The van der Waals surface area contributed by atoms with Gasteiger partial charge in [0, 0.05) is 0 Å². The van der Waals surface area contributed by atoms with E-state index in [0.717, 1.165) is 12.1 Å². The van der Waals surface area contributed by atoms with Crippen LogP contribution in [0.15, 0.2) is 12.1 Å². The van der Waals surface area contributed by atoms with Gasteiger partial charge in [-0.05, 0) is 25.0 Å². The number of esters is 1. The van der Waals surface area contributed by atoms with Gasteiger partial charge >= 0.3 is 5.97 Å². The Morgan fingerprint density at radius 3 is 2.42 bits per heavy atom. The third kappa shape index (κ3) is 4.15. The summed E-state index contributed by atoms with van der Waals surface area (Å²) in [5, 5.41) is 2.45. The van der Waals surface area contributed by atoms with Gasteiger partial charge in [-0.2, -0.15) is 0 Å². The van der Waals surface area contributed by atoms with Crippen molar-refractivity contribution in [1.29, 1.82) is 0 Å². The van der Waals surface area contributed by atoms with Crippen molar-refractivity contribution in [2.45, 2.75) is 26.8 Å². The molecule has 0 fully saturated rings. The second-order valence-corrected chi connectivity index (χ2v) is 4.61. The molecule has 0 heterocycles. The molecule has 1 aromatic rings. The summed E-state index contributed by atoms with van der Waals surface area (Å²) in [5.41, 5.74) is -0.284. The molecule has 3 nitrogen and oxygen atoms in total. The number of anilines is 1. The van der Waals surface area contributed by atoms with Gasteiger partial charge in [0.1, 0.15) is 6.04 Å². The van der Waals surface area contributed by atoms with Crippen LogP contribution in [0, 0.1) is 23.4 Å². The summed E-state index contributed by atoms with van der Waals surface area (Å²) < 4.78 is 44.0. The van der Waals surface area contributed by atoms with Crippen LogP contribution in [0.4, 0.5) is 18.9 Å². The van der Waals surface area contributed by atoms with Crippen LogP contribution in [0.5, 0.6) is 0 Å². The Bertz CT molecular complexity index is 463. The summed E-state index contributed by atoms with van der Waals surface area (Å²) in [4.78, 5) is 11.5. The second kappa shape index (κ2) is 6.45. The Kier molecular flexibility index (Phi) is 5.20. The highest BCUT2D eigenvalue weighted by molar-refractivity contribution is 5.78. The van der Waals surface area contributed by atoms with Crippen molar-refractivity contribution >= 4 is 11.7 Å². The Labute approximate surface area is 109 Å². The van der Waals surface area contributed by atoms with Gasteiger partial charge in [-0.1, -0.05) is 13.8 Å². The molecule has 1 N–H and O–H groups in total. The normalized spacial score (nSPS) is 12.4. The monoisotopic (exact) mass is 275 g/mol. The summed E-state index contributed by atoms with van der Waals surface area (Å²) >= 11 is 0. The maximum Gasteiger partial charge on any atom is 0.328 e. The molecule has 0 saturated carbocycles. The Morgan fingerprint density at radius 1 is 1.21 bits per heavy atom. The van der Waals surface area contributed by atoms with Gasteiger partial charge in [-0.3, -0.25) is 0 Å². The van der Waals surface area contributed by atoms with Gasteiger partial charge < -0.3 is 10.1 Å². The number of nitrogens with one attached hydrogen (secondary N) is 1. The van der Waals surface area contributed by atoms with Gasteiger partial charge in [0.25, 0.3) is 0 Å². The molecule has 1 aromatic carbocycles. The molecule has 1 rings (SSSR count). The quantitative estimate of drug-likeness (QED) is 0.663. The van der Waals surface area contributed by atoms with Crippen molar-refractivity contribution in [3.05, 3.63) is 29.6 Å². The van der Waals surface area contributed by atoms with E-state index >= 15 is 0 Å². The minimum atomic E-state index is -1.58. The fourth-order valence-electron chi connectivity index (χ4n) is 1.30. The van der Waals surface area contributed by atoms with E-state index in [2.05, 4.69) is 5.32 Å². The van der Waals surface area contributed by atoms with Crippen molar-refractivity contribution in [1.82, 2.24) is 0 Å². The fraction of sp³-hybridized carbons (Fsp3) is 0.462. The molecule has 0 aromatic heterocycles. The predicted molar refractivity (Wildman–Crippen MR) is 65.2 cm³/mol. The van der Waals surface area contributed by atoms with E-state index in [0.29, 0.717) is 0 Å². The standard InChI is InChI=1S/C13H16F3NO2/c1-7(2)6-19-13(18)8(3)17-10-5-4-9(14)11(15)12(10)16/h4-5,7-8,17H,6H2,1-3H3/t8-/m1/s1. The molecule has 0 amide bonds. The first-order valence-electron chi connectivity index (χ1n) is 5.89. The topological polar surface area (TPSA) is 38.3 Å². The number of ether oxygens (including phenoxy) is 1. The van der Waals surface area contributed by atoms with Gasteiger partial charge in [-0.15, -0.1) is 0 Å². The predicted octanol–water partition coefficient (Wildman–Crippen LogP) is 3.10. The maximum absolute atomic E-state index is 13.4. The third-order valence-corrected chi connectivity index (χ3v) is 2.32.